The number of ether oxygens (including phenoxy) is 1. The van der Waals surface area contributed by atoms with Gasteiger partial charge >= 0.3 is 0 Å². The Morgan fingerprint density at radius 2 is 1.81 bits per heavy atom. The van der Waals surface area contributed by atoms with Crippen molar-refractivity contribution in [3.05, 3.63) is 65.2 Å². The number of aliphatic hydroxyl groups excluding tert-OH is 1. The van der Waals surface area contributed by atoms with Crippen LogP contribution in [0, 0.1) is 6.92 Å². The Hall–Kier alpha value is -2.33. The van der Waals surface area contributed by atoms with E-state index in [1.54, 1.807) is 0 Å². The van der Waals surface area contributed by atoms with E-state index in [2.05, 4.69) is 5.16 Å². The van der Waals surface area contributed by atoms with Gasteiger partial charge in [0.1, 0.15) is 25.2 Å². The molecular weight excluding hydrogens is 266 g/mol. The Bertz CT molecular complexity index is 623. The van der Waals surface area contributed by atoms with E-state index in [1.165, 1.54) is 7.11 Å². The maximum Gasteiger partial charge on any atom is 0.122 e. The third-order valence-corrected chi connectivity index (χ3v) is 3.16. The molecule has 0 spiro atoms. The molecule has 0 heterocycles. The second-order valence-electron chi connectivity index (χ2n) is 4.59. The molecule has 0 amide bonds. The molecule has 0 fully saturated rings. The quantitative estimate of drug-likeness (QED) is 0.656. The fourth-order valence-electron chi connectivity index (χ4n) is 2.07. The van der Waals surface area contributed by atoms with Crippen molar-refractivity contribution in [3.63, 3.8) is 0 Å². The Balaban J connectivity index is 2.21. The monoisotopic (exact) mass is 285 g/mol. The van der Waals surface area contributed by atoms with Gasteiger partial charge in [-0.05, 0) is 24.1 Å². The van der Waals surface area contributed by atoms with Gasteiger partial charge < -0.3 is 14.7 Å². The number of hydrogen-bond acceptors (Lipinski definition) is 4. The SMILES string of the molecule is CON=C(CO)c1ccccc1COc1ccccc1C. The predicted octanol–water partition coefficient (Wildman–Crippen LogP) is 2.92. The molecular formula is C17H19NO3. The standard InChI is InChI=1S/C17H19NO3/c1-13-7-3-6-10-17(13)21-12-14-8-4-5-9-15(14)16(11-19)18-20-2/h3-10,19H,11-12H2,1-2H3. The van der Waals surface area contributed by atoms with Crippen molar-refractivity contribution in [2.45, 2.75) is 13.5 Å². The molecule has 0 atom stereocenters. The molecule has 2 aromatic rings. The lowest BCUT2D eigenvalue weighted by molar-refractivity contribution is 0.209. The van der Waals surface area contributed by atoms with Crippen LogP contribution in [0.4, 0.5) is 0 Å². The van der Waals surface area contributed by atoms with Crippen LogP contribution in [-0.2, 0) is 11.4 Å². The Morgan fingerprint density at radius 1 is 1.10 bits per heavy atom. The summed E-state index contributed by atoms with van der Waals surface area (Å²) in [6.07, 6.45) is 0. The van der Waals surface area contributed by atoms with Crippen molar-refractivity contribution in [1.82, 2.24) is 0 Å². The van der Waals surface area contributed by atoms with E-state index < -0.39 is 0 Å². The highest BCUT2D eigenvalue weighted by Crippen LogP contribution is 2.19. The van der Waals surface area contributed by atoms with Crippen LogP contribution in [0.3, 0.4) is 0 Å². The second-order valence-corrected chi connectivity index (χ2v) is 4.59. The van der Waals surface area contributed by atoms with Gasteiger partial charge in [-0.15, -0.1) is 0 Å². The van der Waals surface area contributed by atoms with E-state index in [9.17, 15) is 5.11 Å². The lowest BCUT2D eigenvalue weighted by Gasteiger charge is -2.12. The van der Waals surface area contributed by atoms with Crippen molar-refractivity contribution in [3.8, 4) is 5.75 Å². The van der Waals surface area contributed by atoms with Crippen LogP contribution in [0.15, 0.2) is 53.7 Å². The highest BCUT2D eigenvalue weighted by Gasteiger charge is 2.10. The van der Waals surface area contributed by atoms with Gasteiger partial charge in [0.15, 0.2) is 0 Å². The van der Waals surface area contributed by atoms with Gasteiger partial charge in [-0.3, -0.25) is 0 Å². The van der Waals surface area contributed by atoms with Gasteiger partial charge in [0.05, 0.1) is 6.61 Å². The molecule has 0 aliphatic carbocycles. The fraction of sp³-hybridized carbons (Fsp3) is 0.235. The summed E-state index contributed by atoms with van der Waals surface area (Å²) in [5.74, 6) is 0.849. The summed E-state index contributed by atoms with van der Waals surface area (Å²) >= 11 is 0. The number of benzene rings is 2. The number of rotatable bonds is 6. The number of oxime groups is 1. The maximum atomic E-state index is 9.41. The summed E-state index contributed by atoms with van der Waals surface area (Å²) in [6, 6.07) is 15.5. The first-order chi connectivity index (χ1) is 10.3. The first-order valence-corrected chi connectivity index (χ1v) is 6.74. The molecule has 4 nitrogen and oxygen atoms in total. The van der Waals surface area contributed by atoms with Crippen LogP contribution in [0.5, 0.6) is 5.75 Å². The molecule has 0 saturated heterocycles. The van der Waals surface area contributed by atoms with Crippen molar-refractivity contribution in [1.29, 1.82) is 0 Å². The zero-order chi connectivity index (χ0) is 15.1. The van der Waals surface area contributed by atoms with Crippen molar-refractivity contribution in [2.24, 2.45) is 5.16 Å². The number of aryl methyl sites for hydroxylation is 1. The minimum absolute atomic E-state index is 0.185. The molecule has 0 radical (unpaired) electrons. The van der Waals surface area contributed by atoms with Crippen molar-refractivity contribution >= 4 is 5.71 Å². The van der Waals surface area contributed by atoms with Crippen molar-refractivity contribution < 1.29 is 14.7 Å². The third-order valence-electron chi connectivity index (χ3n) is 3.16. The number of aliphatic hydroxyl groups is 1. The molecule has 0 aromatic heterocycles. The van der Waals surface area contributed by atoms with E-state index in [4.69, 9.17) is 9.57 Å². The second kappa shape index (κ2) is 7.45. The molecule has 2 rings (SSSR count). The van der Waals surface area contributed by atoms with Crippen LogP contribution in [0.1, 0.15) is 16.7 Å². The molecule has 0 unspecified atom stereocenters. The van der Waals surface area contributed by atoms with E-state index >= 15 is 0 Å². The summed E-state index contributed by atoms with van der Waals surface area (Å²) in [5.41, 5.74) is 3.35. The predicted molar refractivity (Wildman–Crippen MR) is 82.6 cm³/mol. The number of hydrogen-bond donors (Lipinski definition) is 1. The zero-order valence-corrected chi connectivity index (χ0v) is 12.2. The molecule has 4 heteroatoms. The first-order valence-electron chi connectivity index (χ1n) is 6.74. The topological polar surface area (TPSA) is 51.0 Å². The summed E-state index contributed by atoms with van der Waals surface area (Å²) in [7, 11) is 1.46. The van der Waals surface area contributed by atoms with Gasteiger partial charge in [0.2, 0.25) is 0 Å². The molecule has 0 aliphatic heterocycles. The normalized spacial score (nSPS) is 11.3. The van der Waals surface area contributed by atoms with Crippen LogP contribution in [0.25, 0.3) is 0 Å². The minimum atomic E-state index is -0.185. The summed E-state index contributed by atoms with van der Waals surface area (Å²) in [5, 5.41) is 13.3. The Labute approximate surface area is 124 Å². The molecule has 0 bridgehead atoms. The summed E-state index contributed by atoms with van der Waals surface area (Å²) in [6.45, 7) is 2.23. The van der Waals surface area contributed by atoms with E-state index in [1.807, 2.05) is 55.5 Å². The lowest BCUT2D eigenvalue weighted by Crippen LogP contribution is -2.11. The smallest absolute Gasteiger partial charge is 0.122 e. The molecule has 110 valence electrons. The van der Waals surface area contributed by atoms with Crippen LogP contribution >= 0.6 is 0 Å². The molecule has 21 heavy (non-hydrogen) atoms. The van der Waals surface area contributed by atoms with E-state index in [0.717, 1.165) is 22.4 Å². The van der Waals surface area contributed by atoms with E-state index in [0.29, 0.717) is 12.3 Å². The zero-order valence-electron chi connectivity index (χ0n) is 12.2. The Morgan fingerprint density at radius 3 is 2.52 bits per heavy atom. The van der Waals surface area contributed by atoms with Gasteiger partial charge in [0.25, 0.3) is 0 Å². The van der Waals surface area contributed by atoms with Gasteiger partial charge in [-0.1, -0.05) is 47.6 Å². The van der Waals surface area contributed by atoms with Gasteiger partial charge in [-0.2, -0.15) is 0 Å². The molecule has 0 aliphatic rings. The number of para-hydroxylation sites is 1. The van der Waals surface area contributed by atoms with Crippen LogP contribution in [-0.4, -0.2) is 24.5 Å². The highest BCUT2D eigenvalue weighted by atomic mass is 16.6. The largest absolute Gasteiger partial charge is 0.489 e. The molecule has 2 aromatic carbocycles. The van der Waals surface area contributed by atoms with Gasteiger partial charge in [0, 0.05) is 5.56 Å². The van der Waals surface area contributed by atoms with Gasteiger partial charge in [-0.25, -0.2) is 0 Å². The first kappa shape index (κ1) is 15.1. The molecule has 0 saturated carbocycles. The fourth-order valence-corrected chi connectivity index (χ4v) is 2.07. The van der Waals surface area contributed by atoms with Crippen LogP contribution in [0.2, 0.25) is 0 Å². The minimum Gasteiger partial charge on any atom is -0.489 e. The van der Waals surface area contributed by atoms with E-state index in [-0.39, 0.29) is 6.61 Å². The summed E-state index contributed by atoms with van der Waals surface area (Å²) in [4.78, 5) is 4.77. The summed E-state index contributed by atoms with van der Waals surface area (Å²) < 4.78 is 5.86. The third kappa shape index (κ3) is 3.83. The van der Waals surface area contributed by atoms with Crippen molar-refractivity contribution in [2.75, 3.05) is 13.7 Å². The lowest BCUT2D eigenvalue weighted by atomic mass is 10.0. The number of nitrogens with zero attached hydrogens (tertiary/aromatic N) is 1. The Kier molecular flexibility index (Phi) is 5.35. The van der Waals surface area contributed by atoms with Crippen LogP contribution < -0.4 is 4.74 Å². The maximum absolute atomic E-state index is 9.41. The average molecular weight is 285 g/mol. The molecule has 1 N–H and O–H groups in total. The highest BCUT2D eigenvalue weighted by molar-refractivity contribution is 6.02. The average Bonchev–Trinajstić information content (AvgIpc) is 2.52.